The summed E-state index contributed by atoms with van der Waals surface area (Å²) in [5, 5.41) is 0. The van der Waals surface area contributed by atoms with Crippen LogP contribution in [0, 0.1) is 0 Å². The lowest BCUT2D eigenvalue weighted by Gasteiger charge is -2.12. The fraction of sp³-hybridized carbons (Fsp3) is 0.583. The molecule has 0 bridgehead atoms. The molecule has 0 fully saturated rings. The summed E-state index contributed by atoms with van der Waals surface area (Å²) in [6, 6.07) is 0. The SMILES string of the molecule is CCOCCOP(=O)(O)COCCOn1cnc2c(N)ncnc21. The van der Waals surface area contributed by atoms with Gasteiger partial charge in [0.25, 0.3) is 0 Å². The van der Waals surface area contributed by atoms with Crippen molar-refractivity contribution in [1.29, 1.82) is 0 Å². The van der Waals surface area contributed by atoms with Crippen molar-refractivity contribution in [2.45, 2.75) is 6.92 Å². The summed E-state index contributed by atoms with van der Waals surface area (Å²) >= 11 is 0. The second-order valence-corrected chi connectivity index (χ2v) is 6.33. The highest BCUT2D eigenvalue weighted by Gasteiger charge is 2.19. The second kappa shape index (κ2) is 8.90. The molecule has 2 aromatic heterocycles. The van der Waals surface area contributed by atoms with Gasteiger partial charge in [0.05, 0.1) is 19.8 Å². The molecule has 2 heterocycles. The fourth-order valence-electron chi connectivity index (χ4n) is 1.72. The van der Waals surface area contributed by atoms with Crippen molar-refractivity contribution in [3.63, 3.8) is 0 Å². The van der Waals surface area contributed by atoms with E-state index in [1.807, 2.05) is 6.92 Å². The Morgan fingerprint density at radius 2 is 2.00 bits per heavy atom. The molecule has 24 heavy (non-hydrogen) atoms. The quantitative estimate of drug-likeness (QED) is 0.416. The molecule has 0 spiro atoms. The third-order valence-corrected chi connectivity index (χ3v) is 3.86. The molecule has 0 amide bonds. The number of ether oxygens (including phenoxy) is 2. The minimum Gasteiger partial charge on any atom is -0.408 e. The predicted octanol–water partition coefficient (Wildman–Crippen LogP) is 0.0497. The molecule has 2 aromatic rings. The molecule has 1 atom stereocenters. The summed E-state index contributed by atoms with van der Waals surface area (Å²) in [4.78, 5) is 26.8. The summed E-state index contributed by atoms with van der Waals surface area (Å²) in [5.74, 6) is 0.254. The van der Waals surface area contributed by atoms with Crippen LogP contribution < -0.4 is 10.6 Å². The van der Waals surface area contributed by atoms with Crippen molar-refractivity contribution in [1.82, 2.24) is 19.7 Å². The Hall–Kier alpha value is -1.78. The number of hydrogen-bond acceptors (Lipinski definition) is 9. The Labute approximate surface area is 138 Å². The number of nitrogens with zero attached hydrogens (tertiary/aromatic N) is 4. The first-order chi connectivity index (χ1) is 11.5. The number of rotatable bonds is 11. The van der Waals surface area contributed by atoms with Crippen LogP contribution in [0.4, 0.5) is 5.82 Å². The molecule has 3 N–H and O–H groups in total. The van der Waals surface area contributed by atoms with Crippen LogP contribution in [-0.2, 0) is 18.6 Å². The summed E-state index contributed by atoms with van der Waals surface area (Å²) in [5.41, 5.74) is 6.52. The number of hydrogen-bond donors (Lipinski definition) is 2. The molecule has 0 aliphatic heterocycles. The molecule has 0 aliphatic carbocycles. The van der Waals surface area contributed by atoms with Gasteiger partial charge in [-0.15, -0.1) is 0 Å². The number of imidazole rings is 1. The number of aromatic nitrogens is 4. The van der Waals surface area contributed by atoms with Gasteiger partial charge in [-0.3, -0.25) is 4.57 Å². The topological polar surface area (TPSA) is 144 Å². The van der Waals surface area contributed by atoms with Crippen molar-refractivity contribution in [3.05, 3.63) is 12.7 Å². The van der Waals surface area contributed by atoms with Gasteiger partial charge in [-0.25, -0.2) is 15.0 Å². The highest BCUT2D eigenvalue weighted by molar-refractivity contribution is 7.52. The van der Waals surface area contributed by atoms with E-state index >= 15 is 0 Å². The van der Waals surface area contributed by atoms with E-state index in [9.17, 15) is 9.46 Å². The third-order valence-electron chi connectivity index (χ3n) is 2.77. The average Bonchev–Trinajstić information content (AvgIpc) is 2.96. The van der Waals surface area contributed by atoms with Crippen LogP contribution in [0.1, 0.15) is 6.92 Å². The van der Waals surface area contributed by atoms with Crippen molar-refractivity contribution in [3.8, 4) is 0 Å². The standard InChI is InChI=1S/C12H20N5O6P/c1-2-20-4-6-23-24(18,19)9-21-3-5-22-17-8-16-10-11(13)14-7-15-12(10)17/h7-8H,2-6,9H2,1H3,(H,18,19)(H2,13,14,15). The summed E-state index contributed by atoms with van der Waals surface area (Å²) in [7, 11) is -3.79. The maximum atomic E-state index is 11.6. The molecular formula is C12H20N5O6P. The molecule has 0 saturated heterocycles. The van der Waals surface area contributed by atoms with E-state index in [0.717, 1.165) is 0 Å². The summed E-state index contributed by atoms with van der Waals surface area (Å²) in [6.45, 7) is 2.83. The molecule has 0 radical (unpaired) electrons. The number of anilines is 1. The lowest BCUT2D eigenvalue weighted by Crippen LogP contribution is -2.17. The molecule has 1 unspecified atom stereocenters. The van der Waals surface area contributed by atoms with Crippen LogP contribution in [0.2, 0.25) is 0 Å². The lowest BCUT2D eigenvalue weighted by atomic mass is 10.5. The minimum absolute atomic E-state index is 0.0314. The van der Waals surface area contributed by atoms with Crippen LogP contribution in [0.3, 0.4) is 0 Å². The molecule has 11 nitrogen and oxygen atoms in total. The van der Waals surface area contributed by atoms with Gasteiger partial charge in [-0.2, -0.15) is 4.73 Å². The normalized spacial score (nSPS) is 13.9. The number of fused-ring (bicyclic) bond motifs is 1. The second-order valence-electron chi connectivity index (χ2n) is 4.54. The third kappa shape index (κ3) is 5.39. The van der Waals surface area contributed by atoms with Gasteiger partial charge in [-0.1, -0.05) is 0 Å². The first-order valence-corrected chi connectivity index (χ1v) is 8.98. The van der Waals surface area contributed by atoms with Crippen LogP contribution in [0.15, 0.2) is 12.7 Å². The number of nitrogens with two attached hydrogens (primary N) is 1. The maximum Gasteiger partial charge on any atom is 0.353 e. The molecule has 0 saturated carbocycles. The molecular weight excluding hydrogens is 341 g/mol. The van der Waals surface area contributed by atoms with E-state index in [-0.39, 0.29) is 32.2 Å². The zero-order chi connectivity index (χ0) is 17.4. The Balaban J connectivity index is 1.69. The van der Waals surface area contributed by atoms with Gasteiger partial charge < -0.3 is 29.5 Å². The number of nitrogen functional groups attached to an aromatic ring is 1. The Bertz CT molecular complexity index is 696. The monoisotopic (exact) mass is 361 g/mol. The molecule has 12 heteroatoms. The van der Waals surface area contributed by atoms with E-state index < -0.39 is 13.9 Å². The van der Waals surface area contributed by atoms with E-state index in [1.54, 1.807) is 0 Å². The summed E-state index contributed by atoms with van der Waals surface area (Å²) in [6.07, 6.45) is 2.28. The van der Waals surface area contributed by atoms with Gasteiger partial charge >= 0.3 is 7.60 Å². The van der Waals surface area contributed by atoms with Gasteiger partial charge in [0.15, 0.2) is 11.3 Å². The van der Waals surface area contributed by atoms with Gasteiger partial charge in [0.2, 0.25) is 5.65 Å². The van der Waals surface area contributed by atoms with Crippen LogP contribution in [0.5, 0.6) is 0 Å². The van der Waals surface area contributed by atoms with E-state index in [4.69, 9.17) is 24.6 Å². The van der Waals surface area contributed by atoms with Crippen LogP contribution >= 0.6 is 7.60 Å². The van der Waals surface area contributed by atoms with Crippen molar-refractivity contribution in [2.24, 2.45) is 0 Å². The van der Waals surface area contributed by atoms with E-state index in [1.165, 1.54) is 17.4 Å². The fourth-order valence-corrected chi connectivity index (χ4v) is 2.52. The van der Waals surface area contributed by atoms with Crippen molar-refractivity contribution >= 4 is 24.6 Å². The van der Waals surface area contributed by atoms with Crippen LogP contribution in [-0.4, -0.2) is 64.0 Å². The zero-order valence-electron chi connectivity index (χ0n) is 13.2. The molecule has 0 aromatic carbocycles. The molecule has 2 rings (SSSR count). The summed E-state index contributed by atoms with van der Waals surface area (Å²) < 4.78 is 27.9. The van der Waals surface area contributed by atoms with Gasteiger partial charge in [0, 0.05) is 6.61 Å². The maximum absolute atomic E-state index is 11.6. The van der Waals surface area contributed by atoms with Gasteiger partial charge in [0.1, 0.15) is 25.6 Å². The largest absolute Gasteiger partial charge is 0.408 e. The Kier molecular flexibility index (Phi) is 6.88. The highest BCUT2D eigenvalue weighted by atomic mass is 31.2. The first-order valence-electron chi connectivity index (χ1n) is 7.22. The van der Waals surface area contributed by atoms with E-state index in [0.29, 0.717) is 17.8 Å². The van der Waals surface area contributed by atoms with E-state index in [2.05, 4.69) is 15.0 Å². The van der Waals surface area contributed by atoms with Crippen molar-refractivity contribution in [2.75, 3.05) is 45.1 Å². The Morgan fingerprint density at radius 1 is 1.21 bits per heavy atom. The van der Waals surface area contributed by atoms with Crippen molar-refractivity contribution < 1.29 is 28.3 Å². The molecule has 0 aliphatic rings. The lowest BCUT2D eigenvalue weighted by molar-refractivity contribution is 0.0481. The average molecular weight is 361 g/mol. The zero-order valence-corrected chi connectivity index (χ0v) is 14.1. The van der Waals surface area contributed by atoms with Gasteiger partial charge in [-0.05, 0) is 6.92 Å². The smallest absolute Gasteiger partial charge is 0.353 e. The predicted molar refractivity (Wildman–Crippen MR) is 84.3 cm³/mol. The molecule has 134 valence electrons. The highest BCUT2D eigenvalue weighted by Crippen LogP contribution is 2.41. The Morgan fingerprint density at radius 3 is 2.79 bits per heavy atom. The van der Waals surface area contributed by atoms with Crippen LogP contribution in [0.25, 0.3) is 11.2 Å². The first kappa shape index (κ1) is 18.6. The minimum atomic E-state index is -3.79.